The van der Waals surface area contributed by atoms with Crippen molar-refractivity contribution in [1.29, 1.82) is 0 Å². The smallest absolute Gasteiger partial charge is 0.327 e. The summed E-state index contributed by atoms with van der Waals surface area (Å²) in [5.41, 5.74) is -1.79. The molecule has 0 radical (unpaired) electrons. The van der Waals surface area contributed by atoms with Crippen LogP contribution >= 0.6 is 9.24 Å². The summed E-state index contributed by atoms with van der Waals surface area (Å²) in [7, 11) is 1.84. The van der Waals surface area contributed by atoms with Gasteiger partial charge in [0.05, 0.1) is 0 Å². The standard InChI is InChI=1S/C7H9FNO2P/c1-2-4-3-7(4,5(8)10)9-6(11)12/h2,4H,1,3,12H2,(H,9,11). The van der Waals surface area contributed by atoms with Gasteiger partial charge in [-0.05, 0) is 15.7 Å². The van der Waals surface area contributed by atoms with Gasteiger partial charge in [-0.15, -0.1) is 6.58 Å². The highest BCUT2D eigenvalue weighted by Gasteiger charge is 2.60. The molecule has 0 spiro atoms. The van der Waals surface area contributed by atoms with Crippen molar-refractivity contribution >= 4 is 20.9 Å². The maximum atomic E-state index is 12.4. The summed E-state index contributed by atoms with van der Waals surface area (Å²) in [5, 5.41) is 2.26. The van der Waals surface area contributed by atoms with Gasteiger partial charge >= 0.3 is 6.04 Å². The summed E-state index contributed by atoms with van der Waals surface area (Å²) in [6.07, 6.45) is 1.78. The molecule has 1 aliphatic carbocycles. The first-order valence-corrected chi connectivity index (χ1v) is 4.01. The molecular formula is C7H9FNO2P. The molecule has 1 aliphatic rings. The second kappa shape index (κ2) is 2.94. The number of hydrogen-bond acceptors (Lipinski definition) is 2. The molecule has 1 rings (SSSR count). The van der Waals surface area contributed by atoms with Gasteiger partial charge in [0.25, 0.3) is 0 Å². The Bertz CT molecular complexity index is 256. The van der Waals surface area contributed by atoms with Crippen LogP contribution in [-0.2, 0) is 4.79 Å². The van der Waals surface area contributed by atoms with E-state index in [1.807, 2.05) is 9.24 Å². The molecule has 0 aromatic heterocycles. The van der Waals surface area contributed by atoms with Gasteiger partial charge in [-0.2, -0.15) is 4.39 Å². The summed E-state index contributed by atoms with van der Waals surface area (Å²) in [6, 6.07) is -1.50. The van der Waals surface area contributed by atoms with Gasteiger partial charge < -0.3 is 5.32 Å². The summed E-state index contributed by atoms with van der Waals surface area (Å²) in [4.78, 5) is 21.1. The van der Waals surface area contributed by atoms with Crippen molar-refractivity contribution in [3.8, 4) is 0 Å². The zero-order valence-electron chi connectivity index (χ0n) is 6.34. The van der Waals surface area contributed by atoms with Crippen molar-refractivity contribution in [2.24, 2.45) is 5.92 Å². The van der Waals surface area contributed by atoms with Crippen molar-refractivity contribution in [2.45, 2.75) is 12.0 Å². The number of carbonyl (C=O) groups is 2. The van der Waals surface area contributed by atoms with Crippen LogP contribution in [0.3, 0.4) is 0 Å². The van der Waals surface area contributed by atoms with Crippen LogP contribution in [0.25, 0.3) is 0 Å². The summed E-state index contributed by atoms with van der Waals surface area (Å²) >= 11 is 0. The monoisotopic (exact) mass is 189 g/mol. The number of hydrogen-bond donors (Lipinski definition) is 1. The van der Waals surface area contributed by atoms with Crippen LogP contribution in [0.15, 0.2) is 12.7 Å². The normalized spacial score (nSPS) is 32.3. The van der Waals surface area contributed by atoms with Crippen LogP contribution in [-0.4, -0.2) is 17.2 Å². The fourth-order valence-electron chi connectivity index (χ4n) is 1.21. The Morgan fingerprint density at radius 1 is 1.75 bits per heavy atom. The summed E-state index contributed by atoms with van der Waals surface area (Å²) in [6.45, 7) is 3.43. The summed E-state index contributed by atoms with van der Waals surface area (Å²) < 4.78 is 12.4. The van der Waals surface area contributed by atoms with Gasteiger partial charge in [0.1, 0.15) is 5.54 Å². The van der Waals surface area contributed by atoms with Crippen LogP contribution in [0.2, 0.25) is 0 Å². The molecule has 0 saturated heterocycles. The first-order chi connectivity index (χ1) is 5.53. The lowest BCUT2D eigenvalue weighted by Gasteiger charge is -2.10. The molecule has 1 saturated carbocycles. The molecule has 3 nitrogen and oxygen atoms in total. The van der Waals surface area contributed by atoms with Crippen molar-refractivity contribution in [3.05, 3.63) is 12.7 Å². The second-order valence-electron chi connectivity index (χ2n) is 2.78. The minimum atomic E-state index is -1.50. The van der Waals surface area contributed by atoms with Gasteiger partial charge in [-0.3, -0.25) is 9.59 Å². The fraction of sp³-hybridized carbons (Fsp3) is 0.429. The highest BCUT2D eigenvalue weighted by molar-refractivity contribution is 7.39. The lowest BCUT2D eigenvalue weighted by atomic mass is 10.2. The van der Waals surface area contributed by atoms with Crippen LogP contribution in [0.1, 0.15) is 6.42 Å². The zero-order chi connectivity index (χ0) is 9.35. The van der Waals surface area contributed by atoms with Crippen molar-refractivity contribution in [2.75, 3.05) is 0 Å². The van der Waals surface area contributed by atoms with E-state index in [9.17, 15) is 14.0 Å². The van der Waals surface area contributed by atoms with Gasteiger partial charge in [0.2, 0.25) is 5.65 Å². The van der Waals surface area contributed by atoms with E-state index < -0.39 is 17.2 Å². The zero-order valence-corrected chi connectivity index (χ0v) is 7.50. The topological polar surface area (TPSA) is 46.2 Å². The molecule has 1 fully saturated rings. The molecule has 12 heavy (non-hydrogen) atoms. The van der Waals surface area contributed by atoms with Gasteiger partial charge in [-0.1, -0.05) is 6.08 Å². The Balaban J connectivity index is 2.71. The molecular weight excluding hydrogens is 180 g/mol. The highest BCUT2D eigenvalue weighted by Crippen LogP contribution is 2.45. The van der Waals surface area contributed by atoms with Crippen LogP contribution in [0.4, 0.5) is 9.18 Å². The first kappa shape index (κ1) is 9.33. The Morgan fingerprint density at radius 3 is 2.58 bits per heavy atom. The maximum absolute atomic E-state index is 12.4. The van der Waals surface area contributed by atoms with E-state index in [4.69, 9.17) is 0 Å². The van der Waals surface area contributed by atoms with Crippen LogP contribution in [0, 0.1) is 5.92 Å². The molecule has 1 amide bonds. The van der Waals surface area contributed by atoms with E-state index in [0.717, 1.165) is 0 Å². The number of rotatable bonds is 3. The fourth-order valence-corrected chi connectivity index (χ4v) is 1.47. The number of carbonyl (C=O) groups excluding carboxylic acids is 2. The molecule has 3 atom stereocenters. The Hall–Kier alpha value is -0.760. The third-order valence-corrected chi connectivity index (χ3v) is 2.14. The average Bonchev–Trinajstić information content (AvgIpc) is 2.62. The van der Waals surface area contributed by atoms with E-state index in [1.54, 1.807) is 0 Å². The maximum Gasteiger partial charge on any atom is 0.327 e. The van der Waals surface area contributed by atoms with Crippen molar-refractivity contribution in [1.82, 2.24) is 5.32 Å². The predicted molar refractivity (Wildman–Crippen MR) is 45.4 cm³/mol. The third kappa shape index (κ3) is 1.39. The highest BCUT2D eigenvalue weighted by atomic mass is 31.0. The van der Waals surface area contributed by atoms with E-state index in [1.165, 1.54) is 6.08 Å². The molecule has 0 bridgehead atoms. The van der Waals surface area contributed by atoms with E-state index >= 15 is 0 Å². The van der Waals surface area contributed by atoms with E-state index in [0.29, 0.717) is 6.42 Å². The number of nitrogens with one attached hydrogen (secondary N) is 1. The number of halogens is 1. The van der Waals surface area contributed by atoms with Gasteiger partial charge in [-0.25, -0.2) is 0 Å². The first-order valence-electron chi connectivity index (χ1n) is 3.43. The Morgan fingerprint density at radius 2 is 2.33 bits per heavy atom. The van der Waals surface area contributed by atoms with Gasteiger partial charge in [0.15, 0.2) is 0 Å². The Labute approximate surface area is 71.6 Å². The van der Waals surface area contributed by atoms with Gasteiger partial charge in [0, 0.05) is 5.92 Å². The quantitative estimate of drug-likeness (QED) is 0.409. The van der Waals surface area contributed by atoms with E-state index in [2.05, 4.69) is 11.9 Å². The Kier molecular flexibility index (Phi) is 2.29. The second-order valence-corrected chi connectivity index (χ2v) is 3.31. The minimum Gasteiger partial charge on any atom is -0.337 e. The molecule has 0 aromatic carbocycles. The lowest BCUT2D eigenvalue weighted by molar-refractivity contribution is -0.132. The predicted octanol–water partition coefficient (Wildman–Crippen LogP) is 1.01. The molecule has 0 aliphatic heterocycles. The average molecular weight is 189 g/mol. The lowest BCUT2D eigenvalue weighted by Crippen LogP contribution is -2.40. The molecule has 0 aromatic rings. The molecule has 1 N–H and O–H groups in total. The number of amides is 1. The summed E-state index contributed by atoms with van der Waals surface area (Å²) in [5.74, 6) is -0.264. The molecule has 66 valence electrons. The SMILES string of the molecule is C=CC1CC1(NC(=O)P)C(=O)F. The largest absolute Gasteiger partial charge is 0.337 e. The molecule has 0 heterocycles. The van der Waals surface area contributed by atoms with Crippen LogP contribution in [0.5, 0.6) is 0 Å². The van der Waals surface area contributed by atoms with Crippen LogP contribution < -0.4 is 5.32 Å². The molecule has 5 heteroatoms. The van der Waals surface area contributed by atoms with E-state index in [-0.39, 0.29) is 5.92 Å². The molecule has 3 unspecified atom stereocenters. The van der Waals surface area contributed by atoms with Crippen molar-refractivity contribution < 1.29 is 14.0 Å². The third-order valence-electron chi connectivity index (χ3n) is 2.00. The van der Waals surface area contributed by atoms with Crippen molar-refractivity contribution in [3.63, 3.8) is 0 Å². The minimum absolute atomic E-state index is 0.264.